The number of hydrogen-bond acceptors (Lipinski definition) is 4. The number of rotatable bonds is 5. The molecule has 0 radical (unpaired) electrons. The number of hydrogen-bond donors (Lipinski definition) is 3. The number of carboxylic acid groups (broad SMARTS) is 1. The Balaban J connectivity index is 1.75. The third kappa shape index (κ3) is 4.18. The number of benzene rings is 3. The summed E-state index contributed by atoms with van der Waals surface area (Å²) in [5, 5.41) is 24.7. The lowest BCUT2D eigenvalue weighted by Gasteiger charge is -2.08. The van der Waals surface area contributed by atoms with Gasteiger partial charge in [-0.15, -0.1) is 0 Å². The van der Waals surface area contributed by atoms with Gasteiger partial charge in [-0.05, 0) is 62.4 Å². The van der Waals surface area contributed by atoms with Crippen molar-refractivity contribution in [1.82, 2.24) is 9.99 Å². The first-order chi connectivity index (χ1) is 15.8. The van der Waals surface area contributed by atoms with E-state index in [0.717, 1.165) is 5.56 Å². The molecule has 166 valence electrons. The van der Waals surface area contributed by atoms with Crippen LogP contribution in [0, 0.1) is 12.7 Å². The van der Waals surface area contributed by atoms with Crippen LogP contribution in [0.5, 0.6) is 5.88 Å². The lowest BCUT2D eigenvalue weighted by atomic mass is 10.1. The molecule has 8 heteroatoms. The number of carboxylic acids is 1. The third-order valence-corrected chi connectivity index (χ3v) is 5.26. The molecule has 1 heterocycles. The monoisotopic (exact) mass is 445 g/mol. The molecule has 0 unspecified atom stereocenters. The molecule has 0 saturated carbocycles. The molecule has 1 aromatic heterocycles. The van der Waals surface area contributed by atoms with E-state index in [9.17, 15) is 19.1 Å². The van der Waals surface area contributed by atoms with Gasteiger partial charge in [-0.1, -0.05) is 23.8 Å². The molecule has 7 nitrogen and oxygen atoms in total. The Hall–Kier alpha value is -4.46. The van der Waals surface area contributed by atoms with Crippen molar-refractivity contribution >= 4 is 28.5 Å². The molecule has 3 N–H and O–H groups in total. The highest BCUT2D eigenvalue weighted by Gasteiger charge is 2.21. The average Bonchev–Trinajstić information content (AvgIpc) is 3.08. The highest BCUT2D eigenvalue weighted by atomic mass is 19.1. The zero-order chi connectivity index (χ0) is 23.7. The Morgan fingerprint density at radius 3 is 2.39 bits per heavy atom. The van der Waals surface area contributed by atoms with E-state index >= 15 is 0 Å². The van der Waals surface area contributed by atoms with Crippen molar-refractivity contribution in [3.05, 3.63) is 94.8 Å². The maximum Gasteiger partial charge on any atom is 0.335 e. The number of carbonyl (C=O) groups excluding carboxylic acids is 1. The fourth-order valence-corrected chi connectivity index (χ4v) is 3.61. The lowest BCUT2D eigenvalue weighted by Crippen LogP contribution is -2.19. The van der Waals surface area contributed by atoms with E-state index in [1.807, 2.05) is 31.2 Å². The predicted octanol–water partition coefficient (Wildman–Crippen LogP) is 4.64. The van der Waals surface area contributed by atoms with Crippen LogP contribution in [-0.4, -0.2) is 32.4 Å². The number of nitrogens with zero attached hydrogens (tertiary/aromatic N) is 2. The third-order valence-electron chi connectivity index (χ3n) is 5.26. The molecule has 0 aliphatic rings. The largest absolute Gasteiger partial charge is 0.494 e. The number of fused-ring (bicyclic) bond motifs is 1. The van der Waals surface area contributed by atoms with E-state index in [2.05, 4.69) is 10.5 Å². The van der Waals surface area contributed by atoms with Crippen LogP contribution < -0.4 is 5.43 Å². The van der Waals surface area contributed by atoms with Gasteiger partial charge in [0.1, 0.15) is 5.82 Å². The standard InChI is InChI=1S/C25H20FN3O4/c1-14-6-9-19(10-7-14)29-21-11-8-18(26)13-20(21)22(24(29)31)15(2)27-28-23(30)16-4-3-5-17(12-16)25(32)33/h3-13,31H,1-2H3,(H,28,30)(H,32,33). The van der Waals surface area contributed by atoms with E-state index in [-0.39, 0.29) is 28.3 Å². The minimum absolute atomic E-state index is 0.0300. The fourth-order valence-electron chi connectivity index (χ4n) is 3.61. The van der Waals surface area contributed by atoms with Crippen molar-refractivity contribution < 1.29 is 24.2 Å². The van der Waals surface area contributed by atoms with Crippen molar-refractivity contribution in [2.24, 2.45) is 5.10 Å². The van der Waals surface area contributed by atoms with Crippen molar-refractivity contribution in [1.29, 1.82) is 0 Å². The molecule has 33 heavy (non-hydrogen) atoms. The van der Waals surface area contributed by atoms with Crippen molar-refractivity contribution in [2.75, 3.05) is 0 Å². The number of hydrazone groups is 1. The van der Waals surface area contributed by atoms with Crippen LogP contribution in [0.4, 0.5) is 4.39 Å². The Morgan fingerprint density at radius 1 is 1.00 bits per heavy atom. The first-order valence-electron chi connectivity index (χ1n) is 10.0. The second-order valence-corrected chi connectivity index (χ2v) is 7.56. The summed E-state index contributed by atoms with van der Waals surface area (Å²) in [4.78, 5) is 23.6. The van der Waals surface area contributed by atoms with E-state index < -0.39 is 17.7 Å². The van der Waals surface area contributed by atoms with Gasteiger partial charge in [0, 0.05) is 16.6 Å². The van der Waals surface area contributed by atoms with E-state index in [1.165, 1.54) is 36.4 Å². The van der Waals surface area contributed by atoms with Crippen molar-refractivity contribution in [3.8, 4) is 11.6 Å². The number of aromatic nitrogens is 1. The normalized spacial score (nSPS) is 11.5. The maximum absolute atomic E-state index is 14.1. The molecule has 0 aliphatic carbocycles. The number of aromatic hydroxyl groups is 1. The highest BCUT2D eigenvalue weighted by molar-refractivity contribution is 6.13. The molecule has 0 aliphatic heterocycles. The van der Waals surface area contributed by atoms with Gasteiger partial charge in [-0.25, -0.2) is 14.6 Å². The molecular weight excluding hydrogens is 425 g/mol. The number of nitrogens with one attached hydrogen (secondary N) is 1. The maximum atomic E-state index is 14.1. The molecule has 0 spiro atoms. The molecule has 1 amide bonds. The van der Waals surface area contributed by atoms with Crippen LogP contribution in [-0.2, 0) is 0 Å². The molecule has 0 bridgehead atoms. The number of aryl methyl sites for hydroxylation is 1. The zero-order valence-corrected chi connectivity index (χ0v) is 17.8. The van der Waals surface area contributed by atoms with Gasteiger partial charge >= 0.3 is 5.97 Å². The number of carbonyl (C=O) groups is 2. The van der Waals surface area contributed by atoms with Crippen LogP contribution >= 0.6 is 0 Å². The number of aromatic carboxylic acids is 1. The SMILES string of the molecule is CC(=NNC(=O)c1cccc(C(=O)O)c1)c1c(O)n(-c2ccc(C)cc2)c2ccc(F)cc12. The fraction of sp³-hybridized carbons (Fsp3) is 0.0800. The minimum Gasteiger partial charge on any atom is -0.494 e. The highest BCUT2D eigenvalue weighted by Crippen LogP contribution is 2.35. The molecule has 0 saturated heterocycles. The molecule has 4 rings (SSSR count). The lowest BCUT2D eigenvalue weighted by molar-refractivity contribution is 0.0697. The Bertz CT molecular complexity index is 1420. The second-order valence-electron chi connectivity index (χ2n) is 7.56. The average molecular weight is 445 g/mol. The first-order valence-corrected chi connectivity index (χ1v) is 10.0. The quantitative estimate of drug-likeness (QED) is 0.308. The minimum atomic E-state index is -1.15. The Labute approximate surface area is 188 Å². The van der Waals surface area contributed by atoms with E-state index in [4.69, 9.17) is 5.11 Å². The number of amides is 1. The van der Waals surface area contributed by atoms with Crippen LogP contribution in [0.3, 0.4) is 0 Å². The predicted molar refractivity (Wildman–Crippen MR) is 123 cm³/mol. The smallest absolute Gasteiger partial charge is 0.335 e. The van der Waals surface area contributed by atoms with Crippen LogP contribution in [0.1, 0.15) is 38.8 Å². The van der Waals surface area contributed by atoms with Gasteiger partial charge in [-0.2, -0.15) is 5.10 Å². The van der Waals surface area contributed by atoms with Crippen LogP contribution in [0.25, 0.3) is 16.6 Å². The molecule has 3 aromatic carbocycles. The Kier molecular flexibility index (Phi) is 5.66. The summed E-state index contributed by atoms with van der Waals surface area (Å²) in [6.07, 6.45) is 0. The molecule has 0 fully saturated rings. The molecule has 0 atom stereocenters. The summed E-state index contributed by atoms with van der Waals surface area (Å²) >= 11 is 0. The van der Waals surface area contributed by atoms with Gasteiger partial charge in [0.25, 0.3) is 5.91 Å². The van der Waals surface area contributed by atoms with Crippen LogP contribution in [0.15, 0.2) is 71.8 Å². The van der Waals surface area contributed by atoms with Gasteiger partial charge in [0.15, 0.2) is 0 Å². The van der Waals surface area contributed by atoms with E-state index in [0.29, 0.717) is 16.6 Å². The molecule has 4 aromatic rings. The zero-order valence-electron chi connectivity index (χ0n) is 17.8. The topological polar surface area (TPSA) is 104 Å². The van der Waals surface area contributed by atoms with Crippen molar-refractivity contribution in [2.45, 2.75) is 13.8 Å². The van der Waals surface area contributed by atoms with Gasteiger partial charge in [0.2, 0.25) is 5.88 Å². The molecular formula is C25H20FN3O4. The summed E-state index contributed by atoms with van der Waals surface area (Å²) in [7, 11) is 0. The second kappa shape index (κ2) is 8.58. The first kappa shape index (κ1) is 21.8. The summed E-state index contributed by atoms with van der Waals surface area (Å²) in [5.74, 6) is -2.40. The van der Waals surface area contributed by atoms with E-state index in [1.54, 1.807) is 17.6 Å². The van der Waals surface area contributed by atoms with Gasteiger partial charge in [-0.3, -0.25) is 9.36 Å². The summed E-state index contributed by atoms with van der Waals surface area (Å²) in [5.41, 5.74) is 5.27. The number of halogens is 1. The summed E-state index contributed by atoms with van der Waals surface area (Å²) in [6.45, 7) is 3.52. The van der Waals surface area contributed by atoms with Crippen molar-refractivity contribution in [3.63, 3.8) is 0 Å². The Morgan fingerprint density at radius 2 is 1.70 bits per heavy atom. The van der Waals surface area contributed by atoms with Gasteiger partial charge in [0.05, 0.1) is 22.4 Å². The van der Waals surface area contributed by atoms with Gasteiger partial charge < -0.3 is 10.2 Å². The summed E-state index contributed by atoms with van der Waals surface area (Å²) < 4.78 is 15.7. The summed E-state index contributed by atoms with van der Waals surface area (Å²) in [6, 6.07) is 17.2. The van der Waals surface area contributed by atoms with Crippen LogP contribution in [0.2, 0.25) is 0 Å².